The van der Waals surface area contributed by atoms with Crippen molar-refractivity contribution in [2.45, 2.75) is 45.8 Å². The third-order valence-corrected chi connectivity index (χ3v) is 4.39. The lowest BCUT2D eigenvalue weighted by atomic mass is 9.86. The molecule has 0 spiro atoms. The molecule has 1 heterocycles. The Morgan fingerprint density at radius 2 is 1.88 bits per heavy atom. The molecule has 136 valence electrons. The van der Waals surface area contributed by atoms with E-state index in [0.29, 0.717) is 6.54 Å². The van der Waals surface area contributed by atoms with Gasteiger partial charge in [-0.15, -0.1) is 0 Å². The second kappa shape index (κ2) is 7.70. The van der Waals surface area contributed by atoms with Crippen LogP contribution in [0.2, 0.25) is 0 Å². The molecule has 0 saturated carbocycles. The number of aromatic nitrogens is 2. The number of nitrogens with zero attached hydrogens (tertiary/aromatic N) is 2. The lowest BCUT2D eigenvalue weighted by molar-refractivity contribution is 0.173. The van der Waals surface area contributed by atoms with E-state index in [0.717, 1.165) is 16.8 Å². The lowest BCUT2D eigenvalue weighted by Gasteiger charge is -2.20. The van der Waals surface area contributed by atoms with Crippen molar-refractivity contribution >= 4 is 6.03 Å². The number of carbonyl (C=O) groups excluding carboxylic acids is 1. The first-order valence-electron chi connectivity index (χ1n) is 8.46. The van der Waals surface area contributed by atoms with Crippen LogP contribution in [-0.2, 0) is 19.0 Å². The van der Waals surface area contributed by atoms with Gasteiger partial charge in [0.05, 0.1) is 12.3 Å². The van der Waals surface area contributed by atoms with E-state index in [-0.39, 0.29) is 18.0 Å². The molecule has 2 rings (SSSR count). The molecule has 2 aromatic rings. The molecule has 0 fully saturated rings. The van der Waals surface area contributed by atoms with Crippen molar-refractivity contribution in [2.75, 3.05) is 6.54 Å². The molecule has 1 aromatic heterocycles. The third-order valence-electron chi connectivity index (χ3n) is 4.39. The van der Waals surface area contributed by atoms with Gasteiger partial charge >= 0.3 is 6.03 Å². The van der Waals surface area contributed by atoms with Crippen LogP contribution in [0.25, 0.3) is 0 Å². The van der Waals surface area contributed by atoms with Gasteiger partial charge in [-0.25, -0.2) is 4.79 Å². The molecule has 0 aliphatic carbocycles. The van der Waals surface area contributed by atoms with Gasteiger partial charge in [-0.3, -0.25) is 4.68 Å². The van der Waals surface area contributed by atoms with Crippen LogP contribution in [0.4, 0.5) is 4.79 Å². The predicted molar refractivity (Wildman–Crippen MR) is 98.3 cm³/mol. The summed E-state index contributed by atoms with van der Waals surface area (Å²) in [6, 6.07) is 7.54. The third kappa shape index (κ3) is 5.06. The van der Waals surface area contributed by atoms with Gasteiger partial charge in [-0.2, -0.15) is 5.10 Å². The van der Waals surface area contributed by atoms with Crippen LogP contribution in [0.1, 0.15) is 49.3 Å². The molecule has 0 aliphatic rings. The summed E-state index contributed by atoms with van der Waals surface area (Å²) < 4.78 is 1.76. The topological polar surface area (TPSA) is 79.2 Å². The number of nitrogens with one attached hydrogen (secondary N) is 2. The molecular formula is C19H28N4O2. The molecule has 1 atom stereocenters. The number of carbonyl (C=O) groups is 1. The summed E-state index contributed by atoms with van der Waals surface area (Å²) in [5, 5.41) is 19.8. The number of benzene rings is 1. The highest BCUT2D eigenvalue weighted by Crippen LogP contribution is 2.23. The number of amides is 2. The number of aryl methyl sites for hydroxylation is 1. The minimum atomic E-state index is -0.736. The normalized spacial score (nSPS) is 12.7. The first-order valence-corrected chi connectivity index (χ1v) is 8.46. The Labute approximate surface area is 149 Å². The summed E-state index contributed by atoms with van der Waals surface area (Å²) in [6.07, 6.45) is 1.00. The molecular weight excluding hydrogens is 316 g/mol. The average molecular weight is 344 g/mol. The van der Waals surface area contributed by atoms with Crippen LogP contribution in [0.3, 0.4) is 0 Å². The quantitative estimate of drug-likeness (QED) is 0.780. The van der Waals surface area contributed by atoms with Crippen molar-refractivity contribution in [3.8, 4) is 0 Å². The summed E-state index contributed by atoms with van der Waals surface area (Å²) in [6.45, 7) is 8.96. The smallest absolute Gasteiger partial charge is 0.315 e. The molecule has 6 nitrogen and oxygen atoms in total. The zero-order valence-corrected chi connectivity index (χ0v) is 15.6. The summed E-state index contributed by atoms with van der Waals surface area (Å²) >= 11 is 0. The van der Waals surface area contributed by atoms with E-state index in [2.05, 4.69) is 36.5 Å². The van der Waals surface area contributed by atoms with Crippen molar-refractivity contribution in [1.29, 1.82) is 0 Å². The number of urea groups is 1. The van der Waals surface area contributed by atoms with Crippen LogP contribution < -0.4 is 10.6 Å². The molecule has 0 saturated heterocycles. The van der Waals surface area contributed by atoms with E-state index < -0.39 is 6.10 Å². The second-order valence-corrected chi connectivity index (χ2v) is 7.33. The second-order valence-electron chi connectivity index (χ2n) is 7.33. The van der Waals surface area contributed by atoms with Crippen molar-refractivity contribution in [1.82, 2.24) is 20.4 Å². The Hall–Kier alpha value is -2.34. The lowest BCUT2D eigenvalue weighted by Crippen LogP contribution is -2.37. The van der Waals surface area contributed by atoms with Crippen LogP contribution in [0.15, 0.2) is 30.5 Å². The van der Waals surface area contributed by atoms with Gasteiger partial charge in [0.25, 0.3) is 0 Å². The van der Waals surface area contributed by atoms with E-state index >= 15 is 0 Å². The zero-order chi connectivity index (χ0) is 18.6. The van der Waals surface area contributed by atoms with E-state index in [1.807, 2.05) is 38.2 Å². The highest BCUT2D eigenvalue weighted by atomic mass is 16.3. The molecule has 1 unspecified atom stereocenters. The Bertz CT molecular complexity index is 714. The van der Waals surface area contributed by atoms with E-state index in [9.17, 15) is 9.90 Å². The molecule has 0 radical (unpaired) electrons. The van der Waals surface area contributed by atoms with Gasteiger partial charge in [0.1, 0.15) is 0 Å². The highest BCUT2D eigenvalue weighted by molar-refractivity contribution is 5.73. The first-order chi connectivity index (χ1) is 11.7. The van der Waals surface area contributed by atoms with Gasteiger partial charge in [0.2, 0.25) is 0 Å². The fourth-order valence-electron chi connectivity index (χ4n) is 2.47. The van der Waals surface area contributed by atoms with Crippen molar-refractivity contribution in [3.63, 3.8) is 0 Å². The fraction of sp³-hybridized carbons (Fsp3) is 0.474. The van der Waals surface area contributed by atoms with Crippen LogP contribution in [0, 0.1) is 6.92 Å². The van der Waals surface area contributed by atoms with Crippen LogP contribution in [0.5, 0.6) is 0 Å². The van der Waals surface area contributed by atoms with Gasteiger partial charge in [-0.05, 0) is 23.5 Å². The maximum atomic E-state index is 11.9. The molecule has 25 heavy (non-hydrogen) atoms. The largest absolute Gasteiger partial charge is 0.387 e. The Balaban J connectivity index is 1.81. The molecule has 0 aliphatic heterocycles. The first kappa shape index (κ1) is 19.0. The van der Waals surface area contributed by atoms with Crippen LogP contribution >= 0.6 is 0 Å². The molecule has 6 heteroatoms. The number of hydrogen-bond donors (Lipinski definition) is 3. The van der Waals surface area contributed by atoms with Gasteiger partial charge in [-0.1, -0.05) is 45.0 Å². The molecule has 1 aromatic carbocycles. The van der Waals surface area contributed by atoms with Crippen molar-refractivity contribution < 1.29 is 9.90 Å². The Kier molecular flexibility index (Phi) is 5.85. The Morgan fingerprint density at radius 3 is 2.40 bits per heavy atom. The molecule has 2 amide bonds. The predicted octanol–water partition coefficient (Wildman–Crippen LogP) is 2.56. The SMILES string of the molecule is Cc1c(CNC(=O)NCC(O)c2ccc(C(C)(C)C)cc2)cnn1C. The highest BCUT2D eigenvalue weighted by Gasteiger charge is 2.15. The van der Waals surface area contributed by atoms with E-state index in [4.69, 9.17) is 0 Å². The van der Waals surface area contributed by atoms with Gasteiger partial charge in [0.15, 0.2) is 0 Å². The summed E-state index contributed by atoms with van der Waals surface area (Å²) in [5.41, 5.74) is 4.05. The summed E-state index contributed by atoms with van der Waals surface area (Å²) in [5.74, 6) is 0. The fourth-order valence-corrected chi connectivity index (χ4v) is 2.47. The average Bonchev–Trinajstić information content (AvgIpc) is 2.89. The standard InChI is InChI=1S/C19H28N4O2/c1-13-15(11-22-23(13)5)10-20-18(25)21-12-17(24)14-6-8-16(9-7-14)19(2,3)4/h6-9,11,17,24H,10,12H2,1-5H3,(H2,20,21,25). The van der Waals surface area contributed by atoms with Gasteiger partial charge in [0, 0.05) is 31.4 Å². The van der Waals surface area contributed by atoms with Crippen molar-refractivity contribution in [2.24, 2.45) is 7.05 Å². The number of aliphatic hydroxyl groups is 1. The maximum Gasteiger partial charge on any atom is 0.315 e. The number of rotatable bonds is 5. The van der Waals surface area contributed by atoms with E-state index in [1.165, 1.54) is 5.56 Å². The molecule has 0 bridgehead atoms. The minimum absolute atomic E-state index is 0.0754. The maximum absolute atomic E-state index is 11.9. The minimum Gasteiger partial charge on any atom is -0.387 e. The zero-order valence-electron chi connectivity index (χ0n) is 15.6. The molecule has 3 N–H and O–H groups in total. The van der Waals surface area contributed by atoms with Crippen molar-refractivity contribution in [3.05, 3.63) is 52.8 Å². The van der Waals surface area contributed by atoms with E-state index in [1.54, 1.807) is 10.9 Å². The summed E-state index contributed by atoms with van der Waals surface area (Å²) in [4.78, 5) is 11.9. The monoisotopic (exact) mass is 344 g/mol. The summed E-state index contributed by atoms with van der Waals surface area (Å²) in [7, 11) is 1.86. The number of aliphatic hydroxyl groups excluding tert-OH is 1. The number of hydrogen-bond acceptors (Lipinski definition) is 3. The van der Waals surface area contributed by atoms with Gasteiger partial charge < -0.3 is 15.7 Å². The van der Waals surface area contributed by atoms with Crippen LogP contribution in [-0.4, -0.2) is 27.5 Å². The Morgan fingerprint density at radius 1 is 1.24 bits per heavy atom.